The lowest BCUT2D eigenvalue weighted by atomic mass is 9.75. The number of nitrogens with zero attached hydrogens (tertiary/aromatic N) is 2. The van der Waals surface area contributed by atoms with Crippen LogP contribution < -0.4 is 11.1 Å². The fourth-order valence-corrected chi connectivity index (χ4v) is 2.47. The molecule has 1 heterocycles. The summed E-state index contributed by atoms with van der Waals surface area (Å²) >= 11 is 0. The molecular formula is C12H22N4O. The first-order chi connectivity index (χ1) is 7.96. The topological polar surface area (TPSA) is 77.0 Å². The maximum absolute atomic E-state index is 5.68. The van der Waals surface area contributed by atoms with E-state index in [0.717, 1.165) is 6.42 Å². The molecule has 0 bridgehead atoms. The molecule has 5 heteroatoms. The third kappa shape index (κ3) is 3.19. The van der Waals surface area contributed by atoms with Crippen molar-refractivity contribution in [2.75, 3.05) is 5.32 Å². The standard InChI is InChI=1S/C12H22N4O/c1-8(13)10-15-16-11(17-10)14-9-5-4-6-12(2,3)7-9/h8-9H,4-7,13H2,1-3H3,(H,14,16). The van der Waals surface area contributed by atoms with Crippen LogP contribution in [0.15, 0.2) is 4.42 Å². The second-order valence-corrected chi connectivity index (χ2v) is 5.84. The van der Waals surface area contributed by atoms with Gasteiger partial charge in [-0.05, 0) is 31.6 Å². The molecule has 1 aliphatic rings. The lowest BCUT2D eigenvalue weighted by Gasteiger charge is -2.35. The molecule has 0 amide bonds. The lowest BCUT2D eigenvalue weighted by Crippen LogP contribution is -2.31. The van der Waals surface area contributed by atoms with Crippen LogP contribution in [0.1, 0.15) is 58.4 Å². The van der Waals surface area contributed by atoms with Gasteiger partial charge in [0.25, 0.3) is 0 Å². The van der Waals surface area contributed by atoms with Crippen LogP contribution in [-0.2, 0) is 0 Å². The quantitative estimate of drug-likeness (QED) is 0.846. The SMILES string of the molecule is CC(N)c1nnc(NC2CCCC(C)(C)C2)o1. The molecule has 0 saturated heterocycles. The van der Waals surface area contributed by atoms with Crippen LogP contribution in [0.2, 0.25) is 0 Å². The predicted molar refractivity (Wildman–Crippen MR) is 66.6 cm³/mol. The molecule has 17 heavy (non-hydrogen) atoms. The Morgan fingerprint density at radius 1 is 1.47 bits per heavy atom. The summed E-state index contributed by atoms with van der Waals surface area (Å²) in [6.07, 6.45) is 4.85. The smallest absolute Gasteiger partial charge is 0.315 e. The molecule has 96 valence electrons. The van der Waals surface area contributed by atoms with Crippen LogP contribution in [0, 0.1) is 5.41 Å². The van der Waals surface area contributed by atoms with Gasteiger partial charge >= 0.3 is 6.01 Å². The first-order valence-corrected chi connectivity index (χ1v) is 6.32. The first kappa shape index (κ1) is 12.4. The van der Waals surface area contributed by atoms with E-state index >= 15 is 0 Å². The van der Waals surface area contributed by atoms with Crippen LogP contribution in [0.25, 0.3) is 0 Å². The van der Waals surface area contributed by atoms with Gasteiger partial charge in [-0.2, -0.15) is 0 Å². The van der Waals surface area contributed by atoms with Crippen molar-refractivity contribution in [2.24, 2.45) is 11.1 Å². The fraction of sp³-hybridized carbons (Fsp3) is 0.833. The monoisotopic (exact) mass is 238 g/mol. The number of nitrogens with two attached hydrogens (primary N) is 1. The van der Waals surface area contributed by atoms with E-state index < -0.39 is 0 Å². The normalized spacial score (nSPS) is 25.5. The number of hydrogen-bond acceptors (Lipinski definition) is 5. The molecule has 1 aromatic heterocycles. The highest BCUT2D eigenvalue weighted by Crippen LogP contribution is 2.36. The maximum atomic E-state index is 5.68. The van der Waals surface area contributed by atoms with E-state index in [2.05, 4.69) is 29.4 Å². The largest absolute Gasteiger partial charge is 0.406 e. The van der Waals surface area contributed by atoms with Gasteiger partial charge in [0.2, 0.25) is 5.89 Å². The highest BCUT2D eigenvalue weighted by Gasteiger charge is 2.28. The summed E-state index contributed by atoms with van der Waals surface area (Å²) in [6.45, 7) is 6.45. The van der Waals surface area contributed by atoms with Gasteiger partial charge in [0.1, 0.15) is 0 Å². The van der Waals surface area contributed by atoms with E-state index in [1.165, 1.54) is 19.3 Å². The maximum Gasteiger partial charge on any atom is 0.315 e. The van der Waals surface area contributed by atoms with Crippen molar-refractivity contribution >= 4 is 6.01 Å². The molecule has 5 nitrogen and oxygen atoms in total. The highest BCUT2D eigenvalue weighted by molar-refractivity contribution is 5.20. The van der Waals surface area contributed by atoms with Crippen LogP contribution in [0.5, 0.6) is 0 Å². The van der Waals surface area contributed by atoms with Crippen molar-refractivity contribution in [1.29, 1.82) is 0 Å². The van der Waals surface area contributed by atoms with Gasteiger partial charge in [-0.15, -0.1) is 5.10 Å². The fourth-order valence-electron chi connectivity index (χ4n) is 2.47. The van der Waals surface area contributed by atoms with Gasteiger partial charge in [-0.25, -0.2) is 0 Å². The van der Waals surface area contributed by atoms with Crippen LogP contribution in [0.3, 0.4) is 0 Å². The Kier molecular flexibility index (Phi) is 3.38. The van der Waals surface area contributed by atoms with Crippen LogP contribution in [-0.4, -0.2) is 16.2 Å². The number of hydrogen-bond donors (Lipinski definition) is 2. The summed E-state index contributed by atoms with van der Waals surface area (Å²) in [6, 6.07) is 0.723. The van der Waals surface area contributed by atoms with Crippen molar-refractivity contribution in [3.63, 3.8) is 0 Å². The lowest BCUT2D eigenvalue weighted by molar-refractivity contribution is 0.227. The Morgan fingerprint density at radius 3 is 2.82 bits per heavy atom. The molecule has 2 rings (SSSR count). The molecule has 0 radical (unpaired) electrons. The van der Waals surface area contributed by atoms with E-state index in [9.17, 15) is 0 Å². The van der Waals surface area contributed by atoms with Gasteiger partial charge in [-0.3, -0.25) is 0 Å². The molecule has 3 N–H and O–H groups in total. The summed E-state index contributed by atoms with van der Waals surface area (Å²) in [5.41, 5.74) is 6.08. The zero-order valence-corrected chi connectivity index (χ0v) is 10.9. The number of anilines is 1. The van der Waals surface area contributed by atoms with Gasteiger partial charge in [-0.1, -0.05) is 25.4 Å². The molecule has 0 aromatic carbocycles. The average molecular weight is 238 g/mol. The second-order valence-electron chi connectivity index (χ2n) is 5.84. The zero-order chi connectivity index (χ0) is 12.5. The zero-order valence-electron chi connectivity index (χ0n) is 10.9. The molecule has 0 spiro atoms. The Labute approximate surface area is 102 Å². The Morgan fingerprint density at radius 2 is 2.24 bits per heavy atom. The average Bonchev–Trinajstić information content (AvgIpc) is 2.64. The van der Waals surface area contributed by atoms with Crippen LogP contribution >= 0.6 is 0 Å². The third-order valence-electron chi connectivity index (χ3n) is 3.36. The molecule has 1 aromatic rings. The van der Waals surface area contributed by atoms with E-state index in [1.807, 2.05) is 6.92 Å². The summed E-state index contributed by atoms with van der Waals surface area (Å²) in [4.78, 5) is 0. The van der Waals surface area contributed by atoms with Crippen molar-refractivity contribution in [3.8, 4) is 0 Å². The van der Waals surface area contributed by atoms with Gasteiger partial charge in [0.15, 0.2) is 0 Å². The van der Waals surface area contributed by atoms with Crippen molar-refractivity contribution in [3.05, 3.63) is 5.89 Å². The summed E-state index contributed by atoms with van der Waals surface area (Å²) < 4.78 is 5.46. The van der Waals surface area contributed by atoms with E-state index in [4.69, 9.17) is 10.2 Å². The van der Waals surface area contributed by atoms with E-state index in [-0.39, 0.29) is 6.04 Å². The van der Waals surface area contributed by atoms with Gasteiger partial charge in [0, 0.05) is 6.04 Å². The predicted octanol–water partition coefficient (Wildman–Crippen LogP) is 2.47. The molecule has 1 fully saturated rings. The third-order valence-corrected chi connectivity index (χ3v) is 3.36. The summed E-state index contributed by atoms with van der Waals surface area (Å²) in [7, 11) is 0. The molecule has 1 saturated carbocycles. The van der Waals surface area contributed by atoms with E-state index in [1.54, 1.807) is 0 Å². The Hall–Kier alpha value is -1.10. The van der Waals surface area contributed by atoms with E-state index in [0.29, 0.717) is 23.4 Å². The number of nitrogens with one attached hydrogen (secondary N) is 1. The Balaban J connectivity index is 1.95. The van der Waals surface area contributed by atoms with Gasteiger partial charge < -0.3 is 15.5 Å². The van der Waals surface area contributed by atoms with Crippen LogP contribution in [0.4, 0.5) is 6.01 Å². The summed E-state index contributed by atoms with van der Waals surface area (Å²) in [5.74, 6) is 0.488. The van der Waals surface area contributed by atoms with Gasteiger partial charge in [0.05, 0.1) is 6.04 Å². The first-order valence-electron chi connectivity index (χ1n) is 6.32. The Bertz CT molecular complexity index is 372. The number of rotatable bonds is 3. The minimum absolute atomic E-state index is 0.208. The molecule has 1 aliphatic carbocycles. The molecular weight excluding hydrogens is 216 g/mol. The van der Waals surface area contributed by atoms with Crippen molar-refractivity contribution in [1.82, 2.24) is 10.2 Å². The highest BCUT2D eigenvalue weighted by atomic mass is 16.4. The minimum atomic E-state index is -0.208. The molecule has 2 unspecified atom stereocenters. The molecule has 2 atom stereocenters. The minimum Gasteiger partial charge on any atom is -0.406 e. The second kappa shape index (κ2) is 4.64. The summed E-state index contributed by atoms with van der Waals surface area (Å²) in [5, 5.41) is 11.2. The van der Waals surface area contributed by atoms with Crippen molar-refractivity contribution < 1.29 is 4.42 Å². The van der Waals surface area contributed by atoms with Crippen molar-refractivity contribution in [2.45, 2.75) is 58.5 Å². The number of aromatic nitrogens is 2. The molecule has 0 aliphatic heterocycles.